The normalized spacial score (nSPS) is 12.2. The highest BCUT2D eigenvalue weighted by Crippen LogP contribution is 2.21. The van der Waals surface area contributed by atoms with Gasteiger partial charge in [0.2, 0.25) is 5.89 Å². The lowest BCUT2D eigenvalue weighted by Crippen LogP contribution is -2.26. The third kappa shape index (κ3) is 5.31. The van der Waals surface area contributed by atoms with Crippen LogP contribution in [-0.4, -0.2) is 28.6 Å². The van der Waals surface area contributed by atoms with Crippen molar-refractivity contribution in [2.45, 2.75) is 53.5 Å². The van der Waals surface area contributed by atoms with E-state index in [2.05, 4.69) is 41.5 Å². The Kier molecular flexibility index (Phi) is 6.56. The van der Waals surface area contributed by atoms with Crippen molar-refractivity contribution in [1.82, 2.24) is 15.5 Å². The van der Waals surface area contributed by atoms with E-state index < -0.39 is 0 Å². The van der Waals surface area contributed by atoms with E-state index in [9.17, 15) is 4.79 Å². The van der Waals surface area contributed by atoms with Crippen LogP contribution in [0, 0.1) is 19.8 Å². The molecule has 25 heavy (non-hydrogen) atoms. The van der Waals surface area contributed by atoms with E-state index >= 15 is 0 Å². The van der Waals surface area contributed by atoms with Gasteiger partial charge in [-0.05, 0) is 50.8 Å². The summed E-state index contributed by atoms with van der Waals surface area (Å²) in [6.07, 6.45) is 1.42. The number of benzene rings is 1. The largest absolute Gasteiger partial charge is 0.382 e. The molecule has 0 fully saturated rings. The topological polar surface area (TPSA) is 80.0 Å². The number of aryl methyl sites for hydroxylation is 2. The molecule has 0 bridgehead atoms. The van der Waals surface area contributed by atoms with E-state index in [0.717, 1.165) is 17.7 Å². The van der Waals surface area contributed by atoms with Gasteiger partial charge in [0.1, 0.15) is 0 Å². The third-order valence-corrected chi connectivity index (χ3v) is 4.38. The Morgan fingerprint density at radius 1 is 1.24 bits per heavy atom. The van der Waals surface area contributed by atoms with Crippen LogP contribution in [0.15, 0.2) is 22.7 Å². The molecular weight excluding hydrogens is 316 g/mol. The Morgan fingerprint density at radius 3 is 2.64 bits per heavy atom. The minimum absolute atomic E-state index is 0.0555. The van der Waals surface area contributed by atoms with E-state index in [1.54, 1.807) is 6.92 Å². The Bertz CT molecular complexity index is 709. The van der Waals surface area contributed by atoms with Gasteiger partial charge in [-0.3, -0.25) is 4.79 Å². The number of amides is 1. The number of rotatable bonds is 8. The summed E-state index contributed by atoms with van der Waals surface area (Å²) < 4.78 is 5.06. The third-order valence-electron chi connectivity index (χ3n) is 4.38. The van der Waals surface area contributed by atoms with Gasteiger partial charge in [-0.1, -0.05) is 25.1 Å². The Labute approximate surface area is 149 Å². The van der Waals surface area contributed by atoms with Crippen molar-refractivity contribution < 1.29 is 9.32 Å². The first-order valence-electron chi connectivity index (χ1n) is 8.82. The van der Waals surface area contributed by atoms with Crippen LogP contribution in [0.5, 0.6) is 0 Å². The number of hydrogen-bond donors (Lipinski definition) is 2. The zero-order valence-electron chi connectivity index (χ0n) is 15.7. The van der Waals surface area contributed by atoms with Crippen molar-refractivity contribution in [2.75, 3.05) is 11.9 Å². The van der Waals surface area contributed by atoms with Crippen LogP contribution in [0.2, 0.25) is 0 Å². The lowest BCUT2D eigenvalue weighted by molar-refractivity contribution is 0.0952. The van der Waals surface area contributed by atoms with Gasteiger partial charge in [0.25, 0.3) is 5.91 Å². The van der Waals surface area contributed by atoms with Crippen molar-refractivity contribution >= 4 is 11.6 Å². The fraction of sp³-hybridized carbons (Fsp3) is 0.526. The molecule has 2 aromatic rings. The number of carbonyl (C=O) groups excluding carboxylic acids is 1. The second kappa shape index (κ2) is 8.65. The smallest absolute Gasteiger partial charge is 0.251 e. The van der Waals surface area contributed by atoms with E-state index in [1.807, 2.05) is 25.1 Å². The molecule has 136 valence electrons. The standard InChI is InChI=1S/C19H28N4O2/c1-12(2)14(4)21-17-9-6-8-16(13(17)3)19(24)20-11-7-10-18-22-15(5)23-25-18/h6,8-9,12,14,21H,7,10-11H2,1-5H3,(H,20,24). The highest BCUT2D eigenvalue weighted by Gasteiger charge is 2.14. The van der Waals surface area contributed by atoms with Crippen molar-refractivity contribution in [3.8, 4) is 0 Å². The van der Waals surface area contributed by atoms with Gasteiger partial charge in [-0.2, -0.15) is 4.98 Å². The molecule has 0 aliphatic carbocycles. The fourth-order valence-corrected chi connectivity index (χ4v) is 2.43. The molecule has 0 radical (unpaired) electrons. The average Bonchev–Trinajstić information content (AvgIpc) is 2.98. The lowest BCUT2D eigenvalue weighted by Gasteiger charge is -2.21. The van der Waals surface area contributed by atoms with Crippen LogP contribution in [-0.2, 0) is 6.42 Å². The first-order valence-corrected chi connectivity index (χ1v) is 8.82. The van der Waals surface area contributed by atoms with E-state index in [4.69, 9.17) is 4.52 Å². The van der Waals surface area contributed by atoms with Gasteiger partial charge in [-0.25, -0.2) is 0 Å². The number of aromatic nitrogens is 2. The maximum absolute atomic E-state index is 12.5. The van der Waals surface area contributed by atoms with Crippen molar-refractivity contribution in [3.63, 3.8) is 0 Å². The second-order valence-corrected chi connectivity index (χ2v) is 6.75. The minimum Gasteiger partial charge on any atom is -0.382 e. The number of nitrogens with one attached hydrogen (secondary N) is 2. The SMILES string of the molecule is Cc1noc(CCCNC(=O)c2cccc(NC(C)C(C)C)c2C)n1. The van der Waals surface area contributed by atoms with Gasteiger partial charge >= 0.3 is 0 Å². The van der Waals surface area contributed by atoms with Gasteiger partial charge < -0.3 is 15.2 Å². The molecule has 2 N–H and O–H groups in total. The molecule has 1 unspecified atom stereocenters. The van der Waals surface area contributed by atoms with Crippen molar-refractivity contribution in [3.05, 3.63) is 41.0 Å². The predicted octanol–water partition coefficient (Wildman–Crippen LogP) is 3.51. The molecule has 1 aromatic carbocycles. The molecule has 1 atom stereocenters. The second-order valence-electron chi connectivity index (χ2n) is 6.75. The van der Waals surface area contributed by atoms with Gasteiger partial charge in [0.05, 0.1) is 0 Å². The minimum atomic E-state index is -0.0555. The Hall–Kier alpha value is -2.37. The van der Waals surface area contributed by atoms with E-state index in [-0.39, 0.29) is 5.91 Å². The molecule has 0 saturated heterocycles. The van der Waals surface area contributed by atoms with Crippen LogP contribution in [0.3, 0.4) is 0 Å². The van der Waals surface area contributed by atoms with Crippen LogP contribution in [0.4, 0.5) is 5.69 Å². The molecule has 0 saturated carbocycles. The summed E-state index contributed by atoms with van der Waals surface area (Å²) in [6, 6.07) is 6.13. The number of carbonyl (C=O) groups is 1. The maximum atomic E-state index is 12.5. The number of anilines is 1. The molecule has 1 aromatic heterocycles. The first-order chi connectivity index (χ1) is 11.9. The molecule has 0 spiro atoms. The maximum Gasteiger partial charge on any atom is 0.251 e. The van der Waals surface area contributed by atoms with E-state index in [0.29, 0.717) is 42.2 Å². The quantitative estimate of drug-likeness (QED) is 0.716. The highest BCUT2D eigenvalue weighted by molar-refractivity contribution is 5.97. The molecular formula is C19H28N4O2. The van der Waals surface area contributed by atoms with Crippen LogP contribution < -0.4 is 10.6 Å². The summed E-state index contributed by atoms with van der Waals surface area (Å²) in [4.78, 5) is 16.6. The molecule has 2 rings (SSSR count). The van der Waals surface area contributed by atoms with Gasteiger partial charge in [0, 0.05) is 30.3 Å². The van der Waals surface area contributed by atoms with E-state index in [1.165, 1.54) is 0 Å². The fourth-order valence-electron chi connectivity index (χ4n) is 2.43. The lowest BCUT2D eigenvalue weighted by atomic mass is 10.0. The molecule has 0 aliphatic rings. The van der Waals surface area contributed by atoms with Crippen molar-refractivity contribution in [1.29, 1.82) is 0 Å². The van der Waals surface area contributed by atoms with Crippen molar-refractivity contribution in [2.24, 2.45) is 5.92 Å². The molecule has 1 amide bonds. The summed E-state index contributed by atoms with van der Waals surface area (Å²) in [5, 5.41) is 10.2. The summed E-state index contributed by atoms with van der Waals surface area (Å²) in [7, 11) is 0. The van der Waals surface area contributed by atoms with Crippen LogP contribution in [0.25, 0.3) is 0 Å². The molecule has 1 heterocycles. The van der Waals surface area contributed by atoms with Crippen LogP contribution >= 0.6 is 0 Å². The highest BCUT2D eigenvalue weighted by atomic mass is 16.5. The molecule has 0 aliphatic heterocycles. The average molecular weight is 344 g/mol. The number of nitrogens with zero attached hydrogens (tertiary/aromatic N) is 2. The van der Waals surface area contributed by atoms with Gasteiger partial charge in [0.15, 0.2) is 5.82 Å². The summed E-state index contributed by atoms with van der Waals surface area (Å²) in [5.74, 6) is 1.71. The Balaban J connectivity index is 1.90. The first kappa shape index (κ1) is 19.0. The molecule has 6 heteroatoms. The summed E-state index contributed by atoms with van der Waals surface area (Å²) in [5.41, 5.74) is 2.69. The predicted molar refractivity (Wildman–Crippen MR) is 98.8 cm³/mol. The van der Waals surface area contributed by atoms with Crippen LogP contribution in [0.1, 0.15) is 54.8 Å². The Morgan fingerprint density at radius 2 is 2.00 bits per heavy atom. The monoisotopic (exact) mass is 344 g/mol. The summed E-state index contributed by atoms with van der Waals surface area (Å²) in [6.45, 7) is 10.8. The summed E-state index contributed by atoms with van der Waals surface area (Å²) >= 11 is 0. The number of hydrogen-bond acceptors (Lipinski definition) is 5. The zero-order valence-corrected chi connectivity index (χ0v) is 15.7. The molecule has 6 nitrogen and oxygen atoms in total. The zero-order chi connectivity index (χ0) is 18.4. The van der Waals surface area contributed by atoms with Gasteiger partial charge in [-0.15, -0.1) is 0 Å².